The molecule has 0 radical (unpaired) electrons. The van der Waals surface area contributed by atoms with Crippen molar-refractivity contribution in [3.63, 3.8) is 0 Å². The lowest BCUT2D eigenvalue weighted by atomic mass is 10.1. The van der Waals surface area contributed by atoms with Crippen LogP contribution in [0.5, 0.6) is 0 Å². The van der Waals surface area contributed by atoms with Crippen molar-refractivity contribution < 1.29 is 9.13 Å². The second kappa shape index (κ2) is 8.06. The Bertz CT molecular complexity index is 688. The number of benzene rings is 1. The van der Waals surface area contributed by atoms with Gasteiger partial charge < -0.3 is 15.0 Å². The smallest absolute Gasteiger partial charge is 0.193 e. The third-order valence-corrected chi connectivity index (χ3v) is 4.10. The Morgan fingerprint density at radius 2 is 2.16 bits per heavy atom. The molecule has 134 valence electrons. The summed E-state index contributed by atoms with van der Waals surface area (Å²) in [4.78, 5) is 10.5. The summed E-state index contributed by atoms with van der Waals surface area (Å²) < 4.78 is 21.0. The van der Waals surface area contributed by atoms with Gasteiger partial charge in [0.25, 0.3) is 0 Å². The lowest BCUT2D eigenvalue weighted by Gasteiger charge is -2.38. The number of hydrogen-bond acceptors (Lipinski definition) is 4. The molecule has 7 nitrogen and oxygen atoms in total. The molecule has 1 aromatic heterocycles. The maximum atomic E-state index is 13.2. The first-order valence-electron chi connectivity index (χ1n) is 8.34. The van der Waals surface area contributed by atoms with Crippen LogP contribution in [0.3, 0.4) is 0 Å². The molecular weight excluding hydrogens is 323 g/mol. The summed E-state index contributed by atoms with van der Waals surface area (Å²) in [7, 11) is 1.77. The Balaban J connectivity index is 1.61. The van der Waals surface area contributed by atoms with E-state index in [2.05, 4.69) is 25.3 Å². The second-order valence-corrected chi connectivity index (χ2v) is 6.02. The highest BCUT2D eigenvalue weighted by Gasteiger charge is 2.28. The standard InChI is InChI=1S/C17H23FN6O/c1-13-9-23(10-16(25-13)14-3-5-15(18)6-4-14)17(19-2)21-7-8-24-12-20-11-22-24/h3-6,11-13,16H,7-10H2,1-2H3,(H,19,21). The normalized spacial score (nSPS) is 21.4. The third-order valence-electron chi connectivity index (χ3n) is 4.10. The van der Waals surface area contributed by atoms with Crippen molar-refractivity contribution in [2.45, 2.75) is 25.7 Å². The quantitative estimate of drug-likeness (QED) is 0.670. The monoisotopic (exact) mass is 346 g/mol. The van der Waals surface area contributed by atoms with E-state index in [1.54, 1.807) is 30.2 Å². The van der Waals surface area contributed by atoms with Gasteiger partial charge in [-0.2, -0.15) is 5.10 Å². The summed E-state index contributed by atoms with van der Waals surface area (Å²) in [6.07, 6.45) is 3.15. The van der Waals surface area contributed by atoms with Crippen LogP contribution in [-0.4, -0.2) is 58.4 Å². The lowest BCUT2D eigenvalue weighted by molar-refractivity contribution is -0.0605. The minimum atomic E-state index is -0.241. The van der Waals surface area contributed by atoms with E-state index in [1.807, 2.05) is 6.92 Å². The largest absolute Gasteiger partial charge is 0.367 e. The predicted molar refractivity (Wildman–Crippen MR) is 92.6 cm³/mol. The Hall–Kier alpha value is -2.48. The predicted octanol–water partition coefficient (Wildman–Crippen LogP) is 1.45. The Labute approximate surface area is 146 Å². The van der Waals surface area contributed by atoms with Gasteiger partial charge in [0.15, 0.2) is 5.96 Å². The number of ether oxygens (including phenoxy) is 1. The molecule has 1 fully saturated rings. The topological polar surface area (TPSA) is 67.6 Å². The van der Waals surface area contributed by atoms with Crippen LogP contribution in [0.4, 0.5) is 4.39 Å². The first-order valence-corrected chi connectivity index (χ1v) is 8.34. The summed E-state index contributed by atoms with van der Waals surface area (Å²) >= 11 is 0. The first-order chi connectivity index (χ1) is 12.2. The van der Waals surface area contributed by atoms with Gasteiger partial charge in [-0.3, -0.25) is 9.67 Å². The van der Waals surface area contributed by atoms with Crippen molar-refractivity contribution in [3.8, 4) is 0 Å². The lowest BCUT2D eigenvalue weighted by Crippen LogP contribution is -2.51. The van der Waals surface area contributed by atoms with Crippen LogP contribution in [-0.2, 0) is 11.3 Å². The van der Waals surface area contributed by atoms with E-state index in [9.17, 15) is 4.39 Å². The van der Waals surface area contributed by atoms with E-state index < -0.39 is 0 Å². The number of morpholine rings is 1. The van der Waals surface area contributed by atoms with Crippen molar-refractivity contribution in [1.29, 1.82) is 0 Å². The molecule has 1 aliphatic heterocycles. The van der Waals surface area contributed by atoms with E-state index >= 15 is 0 Å². The van der Waals surface area contributed by atoms with E-state index in [1.165, 1.54) is 18.5 Å². The van der Waals surface area contributed by atoms with Crippen LogP contribution in [0.15, 0.2) is 41.9 Å². The maximum Gasteiger partial charge on any atom is 0.193 e. The number of aliphatic imine (C=N–C) groups is 1. The maximum absolute atomic E-state index is 13.2. The average Bonchev–Trinajstić information content (AvgIpc) is 3.12. The summed E-state index contributed by atoms with van der Waals surface area (Å²) in [6.45, 7) is 4.86. The Morgan fingerprint density at radius 1 is 1.36 bits per heavy atom. The Kier molecular flexibility index (Phi) is 5.60. The second-order valence-electron chi connectivity index (χ2n) is 6.02. The fourth-order valence-corrected chi connectivity index (χ4v) is 2.95. The highest BCUT2D eigenvalue weighted by molar-refractivity contribution is 5.80. The molecule has 1 N–H and O–H groups in total. The van der Waals surface area contributed by atoms with Crippen LogP contribution in [0, 0.1) is 5.82 Å². The Morgan fingerprint density at radius 3 is 2.84 bits per heavy atom. The molecule has 0 bridgehead atoms. The number of aromatic nitrogens is 3. The first kappa shape index (κ1) is 17.3. The van der Waals surface area contributed by atoms with E-state index in [0.29, 0.717) is 19.6 Å². The molecule has 0 saturated carbocycles. The molecule has 1 aliphatic rings. The molecular formula is C17H23FN6O. The molecule has 2 heterocycles. The molecule has 25 heavy (non-hydrogen) atoms. The van der Waals surface area contributed by atoms with Gasteiger partial charge in [-0.05, 0) is 24.6 Å². The number of rotatable bonds is 4. The van der Waals surface area contributed by atoms with Crippen molar-refractivity contribution in [2.24, 2.45) is 4.99 Å². The van der Waals surface area contributed by atoms with E-state index in [0.717, 1.165) is 18.1 Å². The molecule has 0 amide bonds. The zero-order valence-electron chi connectivity index (χ0n) is 14.5. The van der Waals surface area contributed by atoms with Crippen molar-refractivity contribution in [3.05, 3.63) is 48.3 Å². The summed E-state index contributed by atoms with van der Waals surface area (Å²) in [6, 6.07) is 6.48. The number of nitrogens with one attached hydrogen (secondary N) is 1. The summed E-state index contributed by atoms with van der Waals surface area (Å²) in [5.41, 5.74) is 0.969. The van der Waals surface area contributed by atoms with Crippen LogP contribution in [0.25, 0.3) is 0 Å². The highest BCUT2D eigenvalue weighted by atomic mass is 19.1. The number of hydrogen-bond donors (Lipinski definition) is 1. The van der Waals surface area contributed by atoms with Crippen molar-refractivity contribution >= 4 is 5.96 Å². The molecule has 2 atom stereocenters. The van der Waals surface area contributed by atoms with Crippen molar-refractivity contribution in [2.75, 3.05) is 26.7 Å². The average molecular weight is 346 g/mol. The molecule has 1 aromatic carbocycles. The van der Waals surface area contributed by atoms with Gasteiger partial charge in [-0.25, -0.2) is 9.37 Å². The molecule has 0 aliphatic carbocycles. The van der Waals surface area contributed by atoms with Crippen molar-refractivity contribution in [1.82, 2.24) is 25.0 Å². The molecule has 1 saturated heterocycles. The van der Waals surface area contributed by atoms with Gasteiger partial charge in [-0.15, -0.1) is 0 Å². The zero-order chi connectivity index (χ0) is 17.6. The van der Waals surface area contributed by atoms with Crippen LogP contribution >= 0.6 is 0 Å². The van der Waals surface area contributed by atoms with Crippen LogP contribution in [0.1, 0.15) is 18.6 Å². The number of halogens is 1. The number of guanidine groups is 1. The molecule has 3 rings (SSSR count). The van der Waals surface area contributed by atoms with Gasteiger partial charge in [0.05, 0.1) is 19.2 Å². The van der Waals surface area contributed by atoms with Gasteiger partial charge in [0.2, 0.25) is 0 Å². The summed E-state index contributed by atoms with van der Waals surface area (Å²) in [5.74, 6) is 0.581. The van der Waals surface area contributed by atoms with Gasteiger partial charge in [-0.1, -0.05) is 12.1 Å². The van der Waals surface area contributed by atoms with Gasteiger partial charge in [0, 0.05) is 20.1 Å². The van der Waals surface area contributed by atoms with Crippen LogP contribution < -0.4 is 5.32 Å². The minimum Gasteiger partial charge on any atom is -0.367 e. The fraction of sp³-hybridized carbons (Fsp3) is 0.471. The third kappa shape index (κ3) is 4.54. The fourth-order valence-electron chi connectivity index (χ4n) is 2.95. The van der Waals surface area contributed by atoms with E-state index in [4.69, 9.17) is 4.74 Å². The molecule has 2 aromatic rings. The highest BCUT2D eigenvalue weighted by Crippen LogP contribution is 2.25. The zero-order valence-corrected chi connectivity index (χ0v) is 14.5. The van der Waals surface area contributed by atoms with Crippen LogP contribution in [0.2, 0.25) is 0 Å². The van der Waals surface area contributed by atoms with E-state index in [-0.39, 0.29) is 18.0 Å². The number of nitrogens with zero attached hydrogens (tertiary/aromatic N) is 5. The molecule has 2 unspecified atom stereocenters. The summed E-state index contributed by atoms with van der Waals surface area (Å²) in [5, 5.41) is 7.43. The van der Waals surface area contributed by atoms with Gasteiger partial charge in [0.1, 0.15) is 24.6 Å². The minimum absolute atomic E-state index is 0.0534. The van der Waals surface area contributed by atoms with Gasteiger partial charge >= 0.3 is 0 Å². The molecule has 8 heteroatoms. The SMILES string of the molecule is CN=C(NCCn1cncn1)N1CC(C)OC(c2ccc(F)cc2)C1. The molecule has 0 spiro atoms.